The Hall–Kier alpha value is -3.04. The fourth-order valence-corrected chi connectivity index (χ4v) is 3.60. The van der Waals surface area contributed by atoms with E-state index < -0.39 is 70.2 Å². The Morgan fingerprint density at radius 3 is 1.19 bits per heavy atom. The number of carbonyl (C=O) groups excluding carboxylic acids is 4. The Labute approximate surface area is 148 Å². The summed E-state index contributed by atoms with van der Waals surface area (Å²) >= 11 is 0. The number of hydrogen-bond donors (Lipinski definition) is 2. The smallest absolute Gasteiger partial charge is 0.337 e. The predicted molar refractivity (Wildman–Crippen MR) is 81.3 cm³/mol. The van der Waals surface area contributed by atoms with E-state index in [0.717, 1.165) is 28.4 Å². The van der Waals surface area contributed by atoms with E-state index in [1.807, 2.05) is 0 Å². The van der Waals surface area contributed by atoms with Crippen molar-refractivity contribution in [2.75, 3.05) is 28.4 Å². The third-order valence-corrected chi connectivity index (χ3v) is 4.63. The van der Waals surface area contributed by atoms with Gasteiger partial charge in [0.2, 0.25) is 0 Å². The zero-order chi connectivity index (χ0) is 19.8. The van der Waals surface area contributed by atoms with Gasteiger partial charge in [-0.2, -0.15) is 0 Å². The minimum atomic E-state index is -1.50. The van der Waals surface area contributed by atoms with E-state index in [-0.39, 0.29) is 0 Å². The summed E-state index contributed by atoms with van der Waals surface area (Å²) < 4.78 is 18.5. The van der Waals surface area contributed by atoms with Crippen LogP contribution in [0.3, 0.4) is 0 Å². The van der Waals surface area contributed by atoms with Crippen molar-refractivity contribution in [3.63, 3.8) is 0 Å². The summed E-state index contributed by atoms with van der Waals surface area (Å²) in [5.41, 5.74) is -0.817. The first-order chi connectivity index (χ1) is 12.3. The average molecular weight is 370 g/mol. The van der Waals surface area contributed by atoms with Gasteiger partial charge in [-0.1, -0.05) is 0 Å². The zero-order valence-electron chi connectivity index (χ0n) is 14.5. The van der Waals surface area contributed by atoms with Crippen LogP contribution in [0.25, 0.3) is 0 Å². The summed E-state index contributed by atoms with van der Waals surface area (Å²) in [5.74, 6) is -10.8. The predicted octanol–water partition coefficient (Wildman–Crippen LogP) is -0.205. The van der Waals surface area contributed by atoms with Crippen molar-refractivity contribution in [2.24, 2.45) is 23.7 Å². The van der Waals surface area contributed by atoms with Gasteiger partial charge in [-0.05, 0) is 0 Å². The molecule has 2 rings (SSSR count). The Balaban J connectivity index is 2.74. The number of rotatable bonds is 4. The van der Waals surface area contributed by atoms with Crippen molar-refractivity contribution in [3.8, 4) is 0 Å². The first kappa shape index (κ1) is 19.3. The van der Waals surface area contributed by atoms with Crippen molar-refractivity contribution in [1.82, 2.24) is 0 Å². The van der Waals surface area contributed by atoms with Crippen molar-refractivity contribution in [2.45, 2.75) is 0 Å². The molecule has 142 valence electrons. The van der Waals surface area contributed by atoms with Crippen LogP contribution in [0.15, 0.2) is 22.7 Å². The molecule has 0 saturated heterocycles. The molecule has 0 aliphatic heterocycles. The highest BCUT2D eigenvalue weighted by Crippen LogP contribution is 2.56. The lowest BCUT2D eigenvalue weighted by Crippen LogP contribution is -2.32. The van der Waals surface area contributed by atoms with Crippen molar-refractivity contribution in [3.05, 3.63) is 22.7 Å². The van der Waals surface area contributed by atoms with E-state index in [9.17, 15) is 29.4 Å². The number of fused-ring (bicyclic) bond motifs is 1. The fraction of sp³-hybridized carbons (Fsp3) is 0.500. The highest BCUT2D eigenvalue weighted by molar-refractivity contribution is 6.00. The minimum absolute atomic E-state index is 0.409. The molecule has 0 bridgehead atoms. The highest BCUT2D eigenvalue weighted by atomic mass is 16.5. The topological polar surface area (TPSA) is 146 Å². The average Bonchev–Trinajstić information content (AvgIpc) is 3.08. The van der Waals surface area contributed by atoms with Crippen molar-refractivity contribution in [1.29, 1.82) is 0 Å². The molecule has 26 heavy (non-hydrogen) atoms. The fourth-order valence-electron chi connectivity index (χ4n) is 3.60. The van der Waals surface area contributed by atoms with Crippen LogP contribution in [-0.4, -0.2) is 62.5 Å². The van der Waals surface area contributed by atoms with Crippen LogP contribution in [0.4, 0.5) is 0 Å². The van der Waals surface area contributed by atoms with Gasteiger partial charge in [0.15, 0.2) is 0 Å². The molecule has 0 fully saturated rings. The molecule has 0 spiro atoms. The maximum atomic E-state index is 12.2. The van der Waals surface area contributed by atoms with Crippen LogP contribution < -0.4 is 0 Å². The van der Waals surface area contributed by atoms with Gasteiger partial charge in [-0.15, -0.1) is 0 Å². The molecule has 2 aliphatic carbocycles. The molecule has 4 unspecified atom stereocenters. The Kier molecular flexibility index (Phi) is 5.24. The van der Waals surface area contributed by atoms with Crippen LogP contribution in [0.5, 0.6) is 0 Å². The number of aliphatic hydroxyl groups excluding tert-OH is 2. The molecule has 0 amide bonds. The SMILES string of the molecule is COC(=O)C1=C(O)C(C(=O)OC)C2C(C(=O)OC)=C(O)C(C(=O)OC)C12. The Morgan fingerprint density at radius 2 is 0.962 bits per heavy atom. The molecular formula is C16H18O10. The van der Waals surface area contributed by atoms with Crippen LogP contribution >= 0.6 is 0 Å². The van der Waals surface area contributed by atoms with Gasteiger partial charge in [-0.3, -0.25) is 9.59 Å². The molecule has 0 aromatic rings. The lowest BCUT2D eigenvalue weighted by atomic mass is 9.81. The number of carbonyl (C=O) groups is 4. The largest absolute Gasteiger partial charge is 0.511 e. The lowest BCUT2D eigenvalue weighted by molar-refractivity contribution is -0.150. The van der Waals surface area contributed by atoms with E-state index in [1.165, 1.54) is 0 Å². The minimum Gasteiger partial charge on any atom is -0.511 e. The van der Waals surface area contributed by atoms with E-state index in [0.29, 0.717) is 0 Å². The first-order valence-electron chi connectivity index (χ1n) is 7.45. The van der Waals surface area contributed by atoms with Crippen LogP contribution in [0, 0.1) is 23.7 Å². The van der Waals surface area contributed by atoms with Crippen LogP contribution in [-0.2, 0) is 38.1 Å². The standard InChI is InChI=1S/C16H18O10/c1-23-13(19)7-5-6(9(11(7)17)15(21)25-3)10(16(22)26-4)12(18)8(5)14(20)24-2/h5-7,10,17-18H,1-4H3. The van der Waals surface area contributed by atoms with Gasteiger partial charge < -0.3 is 29.2 Å². The Bertz CT molecular complexity index is 669. The summed E-state index contributed by atoms with van der Waals surface area (Å²) in [7, 11) is 4.18. The summed E-state index contributed by atoms with van der Waals surface area (Å²) in [6.45, 7) is 0. The maximum absolute atomic E-state index is 12.2. The van der Waals surface area contributed by atoms with Crippen molar-refractivity contribution >= 4 is 23.9 Å². The number of methoxy groups -OCH3 is 4. The second-order valence-corrected chi connectivity index (χ2v) is 5.63. The number of esters is 4. The summed E-state index contributed by atoms with van der Waals surface area (Å²) in [6, 6.07) is 0. The molecular weight excluding hydrogens is 352 g/mol. The quantitative estimate of drug-likeness (QED) is 0.503. The van der Waals surface area contributed by atoms with Gasteiger partial charge in [0.05, 0.1) is 39.6 Å². The van der Waals surface area contributed by atoms with Crippen LogP contribution in [0.1, 0.15) is 0 Å². The Morgan fingerprint density at radius 1 is 0.654 bits per heavy atom. The molecule has 0 heterocycles. The van der Waals surface area contributed by atoms with Gasteiger partial charge in [-0.25, -0.2) is 9.59 Å². The van der Waals surface area contributed by atoms with E-state index >= 15 is 0 Å². The number of ether oxygens (including phenoxy) is 4. The molecule has 0 saturated carbocycles. The zero-order valence-corrected chi connectivity index (χ0v) is 14.5. The van der Waals surface area contributed by atoms with Crippen molar-refractivity contribution < 1.29 is 48.3 Å². The molecule has 10 nitrogen and oxygen atoms in total. The third-order valence-electron chi connectivity index (χ3n) is 4.63. The van der Waals surface area contributed by atoms with E-state index in [4.69, 9.17) is 0 Å². The maximum Gasteiger partial charge on any atom is 0.337 e. The molecule has 0 radical (unpaired) electrons. The van der Waals surface area contributed by atoms with Crippen LogP contribution in [0.2, 0.25) is 0 Å². The monoisotopic (exact) mass is 370 g/mol. The molecule has 4 atom stereocenters. The highest BCUT2D eigenvalue weighted by Gasteiger charge is 2.63. The second kappa shape index (κ2) is 7.06. The third kappa shape index (κ3) is 2.57. The normalized spacial score (nSPS) is 27.1. The number of aliphatic hydroxyl groups is 2. The molecule has 2 N–H and O–H groups in total. The molecule has 0 aromatic carbocycles. The summed E-state index contributed by atoms with van der Waals surface area (Å²) in [6.07, 6.45) is 0. The second-order valence-electron chi connectivity index (χ2n) is 5.63. The summed E-state index contributed by atoms with van der Waals surface area (Å²) in [4.78, 5) is 48.7. The molecule has 2 aliphatic rings. The van der Waals surface area contributed by atoms with Gasteiger partial charge in [0.1, 0.15) is 23.4 Å². The first-order valence-corrected chi connectivity index (χ1v) is 7.45. The lowest BCUT2D eigenvalue weighted by Gasteiger charge is -2.21. The molecule has 10 heteroatoms. The molecule has 0 aromatic heterocycles. The van der Waals surface area contributed by atoms with E-state index in [2.05, 4.69) is 18.9 Å². The van der Waals surface area contributed by atoms with Gasteiger partial charge >= 0.3 is 23.9 Å². The number of hydrogen-bond acceptors (Lipinski definition) is 10. The summed E-state index contributed by atoms with van der Waals surface area (Å²) in [5, 5.41) is 20.9. The van der Waals surface area contributed by atoms with Gasteiger partial charge in [0.25, 0.3) is 0 Å². The van der Waals surface area contributed by atoms with E-state index in [1.54, 1.807) is 0 Å². The van der Waals surface area contributed by atoms with Gasteiger partial charge in [0, 0.05) is 11.8 Å².